The van der Waals surface area contributed by atoms with E-state index in [2.05, 4.69) is 25.2 Å². The molecule has 0 aromatic carbocycles. The van der Waals surface area contributed by atoms with Gasteiger partial charge in [-0.25, -0.2) is 9.97 Å². The standard InChI is InChI=1S/C18H18F3N5O.C8H13F3N2O/c19-18(20,21)10-25-17(27)11-3-7-26(8-4-11)14-2-6-22-13-9-24-16-12(15(13)14)1-5-23-16;9-8(10,11)5-13-7(14)6-1-3-12-4-2-6/h1-2,5-6,9,11,22H,3-4,7-8,10H2,(H,25,27);6,12H,1-5H2,(H,13,14). The molecule has 15 heteroatoms. The number of fused-ring (bicyclic) bond motifs is 3. The summed E-state index contributed by atoms with van der Waals surface area (Å²) < 4.78 is 72.1. The zero-order valence-corrected chi connectivity index (χ0v) is 22.0. The number of hydrogen-bond donors (Lipinski definition) is 4. The molecule has 2 aliphatic heterocycles. The van der Waals surface area contributed by atoms with Crippen LogP contribution in [-0.4, -0.2) is 78.4 Å². The summed E-state index contributed by atoms with van der Waals surface area (Å²) in [6, 6.07) is 3.89. The number of halogens is 6. The Balaban J connectivity index is 0.000000234. The maximum atomic E-state index is 12.3. The largest absolute Gasteiger partial charge is 0.405 e. The van der Waals surface area contributed by atoms with E-state index in [1.54, 1.807) is 12.4 Å². The second-order valence-electron chi connectivity index (χ2n) is 10.0. The van der Waals surface area contributed by atoms with E-state index in [0.29, 0.717) is 57.5 Å². The maximum absolute atomic E-state index is 12.3. The first-order valence-electron chi connectivity index (χ1n) is 13.3. The summed E-state index contributed by atoms with van der Waals surface area (Å²) in [6.07, 6.45) is -1.16. The first-order chi connectivity index (χ1) is 19.4. The van der Waals surface area contributed by atoms with Gasteiger partial charge in [0.05, 0.1) is 11.7 Å². The van der Waals surface area contributed by atoms with Crippen molar-refractivity contribution in [1.82, 2.24) is 30.9 Å². The number of anilines is 1. The van der Waals surface area contributed by atoms with Gasteiger partial charge in [0, 0.05) is 53.8 Å². The van der Waals surface area contributed by atoms with Crippen molar-refractivity contribution in [3.63, 3.8) is 0 Å². The summed E-state index contributed by atoms with van der Waals surface area (Å²) in [7, 11) is 0. The van der Waals surface area contributed by atoms with Crippen LogP contribution in [0.4, 0.5) is 32.0 Å². The average Bonchev–Trinajstić information content (AvgIpc) is 3.44. The first kappa shape index (κ1) is 30.3. The predicted octanol–water partition coefficient (Wildman–Crippen LogP) is 3.67. The highest BCUT2D eigenvalue weighted by atomic mass is 19.4. The molecule has 2 amide bonds. The Morgan fingerprint density at radius 2 is 1.46 bits per heavy atom. The van der Waals surface area contributed by atoms with Crippen molar-refractivity contribution in [3.05, 3.63) is 30.7 Å². The highest BCUT2D eigenvalue weighted by Gasteiger charge is 2.32. The second kappa shape index (κ2) is 12.9. The van der Waals surface area contributed by atoms with E-state index >= 15 is 0 Å². The first-order valence-corrected chi connectivity index (χ1v) is 13.3. The van der Waals surface area contributed by atoms with Crippen LogP contribution in [-0.2, 0) is 9.59 Å². The van der Waals surface area contributed by atoms with E-state index < -0.39 is 43.2 Å². The van der Waals surface area contributed by atoms with Crippen LogP contribution in [0.2, 0.25) is 0 Å². The van der Waals surface area contributed by atoms with Crippen LogP contribution in [0.15, 0.2) is 30.7 Å². The molecule has 5 heterocycles. The number of nitrogens with one attached hydrogen (secondary N) is 4. The van der Waals surface area contributed by atoms with Crippen molar-refractivity contribution in [2.45, 2.75) is 38.0 Å². The summed E-state index contributed by atoms with van der Waals surface area (Å²) in [5.74, 6) is -1.67. The normalized spacial score (nSPS) is 17.3. The lowest BCUT2D eigenvalue weighted by molar-refractivity contribution is -0.141. The van der Waals surface area contributed by atoms with Crippen LogP contribution in [0.5, 0.6) is 0 Å². The van der Waals surface area contributed by atoms with Crippen molar-refractivity contribution in [2.24, 2.45) is 11.8 Å². The molecule has 3 aromatic heterocycles. The molecule has 3 aromatic rings. The fourth-order valence-electron chi connectivity index (χ4n) is 5.03. The topological polar surface area (TPSA) is 115 Å². The molecule has 224 valence electrons. The zero-order chi connectivity index (χ0) is 29.6. The van der Waals surface area contributed by atoms with Gasteiger partial charge in [0.25, 0.3) is 0 Å². The van der Waals surface area contributed by atoms with E-state index in [0.717, 1.165) is 22.0 Å². The molecule has 0 bridgehead atoms. The van der Waals surface area contributed by atoms with Gasteiger partial charge in [0.15, 0.2) is 5.65 Å². The smallest absolute Gasteiger partial charge is 0.371 e. The minimum Gasteiger partial charge on any atom is -0.371 e. The third-order valence-electron chi connectivity index (χ3n) is 7.11. The SMILES string of the molecule is O=C(NCC(F)(F)F)C1CCN(c2cc[nH]c3cnc4nccc4c23)CC1.O=C(NCC(F)(F)F)C1CCNCC1. The van der Waals surface area contributed by atoms with E-state index in [1.807, 2.05) is 29.0 Å². The minimum absolute atomic E-state index is 0.265. The molecule has 0 aliphatic carbocycles. The number of pyridine rings is 2. The highest BCUT2D eigenvalue weighted by Crippen LogP contribution is 2.33. The highest BCUT2D eigenvalue weighted by molar-refractivity contribution is 6.10. The lowest BCUT2D eigenvalue weighted by Crippen LogP contribution is -2.43. The monoisotopic (exact) mass is 587 g/mol. The van der Waals surface area contributed by atoms with Gasteiger partial charge in [0.1, 0.15) is 13.1 Å². The molecule has 41 heavy (non-hydrogen) atoms. The molecule has 2 aliphatic rings. The summed E-state index contributed by atoms with van der Waals surface area (Å²) in [5, 5.41) is 8.90. The molecule has 0 unspecified atom stereocenters. The number of nitrogens with zero attached hydrogens (tertiary/aromatic N) is 3. The van der Waals surface area contributed by atoms with E-state index in [4.69, 9.17) is 0 Å². The van der Waals surface area contributed by atoms with Gasteiger partial charge in [-0.15, -0.1) is 0 Å². The zero-order valence-electron chi connectivity index (χ0n) is 22.0. The molecular weight excluding hydrogens is 556 g/mol. The Morgan fingerprint density at radius 3 is 2.05 bits per heavy atom. The van der Waals surface area contributed by atoms with Gasteiger partial charge in [-0.2, -0.15) is 26.3 Å². The van der Waals surface area contributed by atoms with Gasteiger partial charge >= 0.3 is 12.4 Å². The van der Waals surface area contributed by atoms with Crippen molar-refractivity contribution in [1.29, 1.82) is 0 Å². The van der Waals surface area contributed by atoms with Gasteiger partial charge in [-0.1, -0.05) is 0 Å². The molecule has 2 fully saturated rings. The molecule has 0 radical (unpaired) electrons. The number of piperidine rings is 2. The Morgan fingerprint density at radius 1 is 0.878 bits per heavy atom. The second-order valence-corrected chi connectivity index (χ2v) is 10.0. The molecule has 0 spiro atoms. The average molecular weight is 588 g/mol. The molecule has 2 saturated heterocycles. The van der Waals surface area contributed by atoms with Crippen molar-refractivity contribution in [2.75, 3.05) is 44.2 Å². The number of H-pyrrole nitrogens is 1. The van der Waals surface area contributed by atoms with Gasteiger partial charge in [-0.3, -0.25) is 9.59 Å². The Labute approximate surface area is 231 Å². The lowest BCUT2D eigenvalue weighted by Gasteiger charge is -2.33. The Bertz CT molecular complexity index is 1330. The molecule has 4 N–H and O–H groups in total. The van der Waals surface area contributed by atoms with Crippen molar-refractivity contribution >= 4 is 39.4 Å². The number of carbonyl (C=O) groups excluding carboxylic acids is 2. The number of carbonyl (C=O) groups is 2. The van der Waals surface area contributed by atoms with E-state index in [-0.39, 0.29) is 5.92 Å². The van der Waals surface area contributed by atoms with Crippen molar-refractivity contribution in [3.8, 4) is 0 Å². The summed E-state index contributed by atoms with van der Waals surface area (Å²) >= 11 is 0. The summed E-state index contributed by atoms with van der Waals surface area (Å²) in [4.78, 5) is 37.1. The molecule has 9 nitrogen and oxygen atoms in total. The third kappa shape index (κ3) is 8.44. The number of amides is 2. The summed E-state index contributed by atoms with van der Waals surface area (Å²) in [6.45, 7) is 0.0898. The van der Waals surface area contributed by atoms with Gasteiger partial charge in [0.2, 0.25) is 11.8 Å². The lowest BCUT2D eigenvalue weighted by atomic mass is 9.95. The number of aromatic amines is 1. The van der Waals surface area contributed by atoms with Crippen molar-refractivity contribution < 1.29 is 35.9 Å². The Kier molecular flexibility index (Phi) is 9.56. The minimum atomic E-state index is -4.39. The van der Waals surface area contributed by atoms with Crippen LogP contribution < -0.4 is 20.9 Å². The third-order valence-corrected chi connectivity index (χ3v) is 7.11. The molecular formula is C26H31F6N7O2. The van der Waals surface area contributed by atoms with Crippen LogP contribution in [0, 0.1) is 11.8 Å². The fraction of sp³-hybridized carbons (Fsp3) is 0.538. The number of rotatable bonds is 5. The Hall–Kier alpha value is -3.62. The van der Waals surface area contributed by atoms with Gasteiger partial charge < -0.3 is 25.8 Å². The number of alkyl halides is 6. The molecule has 0 atom stereocenters. The van der Waals surface area contributed by atoms with E-state index in [9.17, 15) is 35.9 Å². The van der Waals surface area contributed by atoms with Gasteiger partial charge in [-0.05, 0) is 50.9 Å². The van der Waals surface area contributed by atoms with Crippen LogP contribution in [0.25, 0.3) is 21.9 Å². The van der Waals surface area contributed by atoms with Crippen LogP contribution >= 0.6 is 0 Å². The quantitative estimate of drug-likeness (QED) is 0.339. The maximum Gasteiger partial charge on any atom is 0.405 e. The molecule has 5 rings (SSSR count). The number of hydrogen-bond acceptors (Lipinski definition) is 6. The molecule has 0 saturated carbocycles. The van der Waals surface area contributed by atoms with Crippen LogP contribution in [0.3, 0.4) is 0 Å². The van der Waals surface area contributed by atoms with Crippen LogP contribution in [0.1, 0.15) is 25.7 Å². The summed E-state index contributed by atoms with van der Waals surface area (Å²) in [5.41, 5.74) is 2.57. The van der Waals surface area contributed by atoms with E-state index in [1.165, 1.54) is 0 Å². The predicted molar refractivity (Wildman–Crippen MR) is 140 cm³/mol. The fourth-order valence-corrected chi connectivity index (χ4v) is 5.03. The number of aromatic nitrogens is 3.